The topological polar surface area (TPSA) is 79.7 Å². The first kappa shape index (κ1) is 17.4. The summed E-state index contributed by atoms with van der Waals surface area (Å²) in [5.74, 6) is 2.50. The van der Waals surface area contributed by atoms with Crippen molar-refractivity contribution in [3.8, 4) is 5.69 Å². The molecule has 1 aromatic carbocycles. The maximum atomic E-state index is 13.0. The van der Waals surface area contributed by atoms with Gasteiger partial charge in [-0.15, -0.1) is 0 Å². The van der Waals surface area contributed by atoms with Gasteiger partial charge in [0.2, 0.25) is 0 Å². The number of halogens is 1. The molecule has 2 fully saturated rings. The summed E-state index contributed by atoms with van der Waals surface area (Å²) in [5.41, 5.74) is 1.18. The van der Waals surface area contributed by atoms with E-state index in [-0.39, 0.29) is 11.8 Å². The van der Waals surface area contributed by atoms with Gasteiger partial charge in [0.15, 0.2) is 11.5 Å². The van der Waals surface area contributed by atoms with Gasteiger partial charge in [-0.1, -0.05) is 23.7 Å². The summed E-state index contributed by atoms with van der Waals surface area (Å²) >= 11 is 6.24. The molecule has 1 saturated carbocycles. The van der Waals surface area contributed by atoms with Gasteiger partial charge in [-0.2, -0.15) is 10.2 Å². The minimum atomic E-state index is -0.0616. The number of carbonyl (C=O) groups excluding carboxylic acids is 1. The Morgan fingerprint density at radius 1 is 1.14 bits per heavy atom. The van der Waals surface area contributed by atoms with E-state index in [9.17, 15) is 4.79 Å². The van der Waals surface area contributed by atoms with E-state index < -0.39 is 0 Å². The second-order valence-electron chi connectivity index (χ2n) is 7.54. The molecule has 3 aromatic rings. The predicted molar refractivity (Wildman–Crippen MR) is 105 cm³/mol. The summed E-state index contributed by atoms with van der Waals surface area (Å²) < 4.78 is 1.65. The van der Waals surface area contributed by atoms with E-state index in [4.69, 9.17) is 11.6 Å². The maximum Gasteiger partial charge on any atom is 0.274 e. The molecule has 2 aromatic heterocycles. The van der Waals surface area contributed by atoms with Crippen LogP contribution in [0.3, 0.4) is 0 Å². The SMILES string of the molecule is O=C(c1ccn(-c2ccccc2Cl)n1)N1CCC[C@H](c2n[nH]c(C3CC3)n2)C1. The van der Waals surface area contributed by atoms with Crippen LogP contribution in [0.4, 0.5) is 0 Å². The lowest BCUT2D eigenvalue weighted by Gasteiger charge is -2.30. The third-order valence-electron chi connectivity index (χ3n) is 5.47. The van der Waals surface area contributed by atoms with Crippen LogP contribution in [0.5, 0.6) is 0 Å². The number of nitrogens with zero attached hydrogens (tertiary/aromatic N) is 5. The van der Waals surface area contributed by atoms with Crippen molar-refractivity contribution in [2.45, 2.75) is 37.5 Å². The fourth-order valence-electron chi connectivity index (χ4n) is 3.75. The van der Waals surface area contributed by atoms with Crippen LogP contribution < -0.4 is 0 Å². The van der Waals surface area contributed by atoms with Crippen molar-refractivity contribution in [2.24, 2.45) is 0 Å². The number of H-pyrrole nitrogens is 1. The zero-order valence-electron chi connectivity index (χ0n) is 15.4. The maximum absolute atomic E-state index is 13.0. The Morgan fingerprint density at radius 3 is 2.82 bits per heavy atom. The van der Waals surface area contributed by atoms with E-state index in [1.807, 2.05) is 29.2 Å². The summed E-state index contributed by atoms with van der Waals surface area (Å²) in [6, 6.07) is 9.19. The van der Waals surface area contributed by atoms with Gasteiger partial charge in [-0.05, 0) is 43.9 Å². The fourth-order valence-corrected chi connectivity index (χ4v) is 3.98. The zero-order valence-corrected chi connectivity index (χ0v) is 16.1. The van der Waals surface area contributed by atoms with Crippen molar-refractivity contribution < 1.29 is 4.79 Å². The molecule has 144 valence electrons. The molecule has 28 heavy (non-hydrogen) atoms. The Balaban J connectivity index is 1.31. The third-order valence-corrected chi connectivity index (χ3v) is 5.78. The van der Waals surface area contributed by atoms with E-state index in [0.29, 0.717) is 23.2 Å². The largest absolute Gasteiger partial charge is 0.337 e. The molecule has 0 spiro atoms. The standard InChI is InChI=1S/C20H21ClN6O/c21-15-5-1-2-6-17(15)27-11-9-16(25-27)20(28)26-10-3-4-14(12-26)19-22-18(23-24-19)13-7-8-13/h1-2,5-6,9,11,13-14H,3-4,7-8,10,12H2,(H,22,23,24)/t14-/m0/s1. The third kappa shape index (κ3) is 3.30. The summed E-state index contributed by atoms with van der Waals surface area (Å²) in [6.07, 6.45) is 6.10. The van der Waals surface area contributed by atoms with Crippen LogP contribution in [-0.4, -0.2) is 48.9 Å². The van der Waals surface area contributed by atoms with Gasteiger partial charge in [0.05, 0.1) is 10.7 Å². The van der Waals surface area contributed by atoms with Crippen LogP contribution in [0.15, 0.2) is 36.5 Å². The number of aromatic nitrogens is 5. The highest BCUT2D eigenvalue weighted by Gasteiger charge is 2.31. The number of hydrogen-bond acceptors (Lipinski definition) is 4. The van der Waals surface area contributed by atoms with Crippen molar-refractivity contribution in [2.75, 3.05) is 13.1 Å². The van der Waals surface area contributed by atoms with Crippen LogP contribution >= 0.6 is 11.6 Å². The van der Waals surface area contributed by atoms with Gasteiger partial charge in [0.1, 0.15) is 5.82 Å². The average Bonchev–Trinajstić information content (AvgIpc) is 3.26. The number of nitrogens with one attached hydrogen (secondary N) is 1. The molecule has 0 unspecified atom stereocenters. The van der Waals surface area contributed by atoms with E-state index in [2.05, 4.69) is 20.3 Å². The van der Waals surface area contributed by atoms with E-state index in [0.717, 1.165) is 36.7 Å². The van der Waals surface area contributed by atoms with Crippen molar-refractivity contribution in [1.29, 1.82) is 0 Å². The molecule has 1 saturated heterocycles. The summed E-state index contributed by atoms with van der Waals surface area (Å²) in [6.45, 7) is 1.36. The van der Waals surface area contributed by atoms with Crippen molar-refractivity contribution in [1.82, 2.24) is 29.9 Å². The first-order chi connectivity index (χ1) is 13.7. The first-order valence-corrected chi connectivity index (χ1v) is 10.1. The molecular formula is C20H21ClN6O. The second-order valence-corrected chi connectivity index (χ2v) is 7.95. The lowest BCUT2D eigenvalue weighted by atomic mass is 9.97. The number of aromatic amines is 1. The van der Waals surface area contributed by atoms with Gasteiger partial charge in [0.25, 0.3) is 5.91 Å². The lowest BCUT2D eigenvalue weighted by Crippen LogP contribution is -2.39. The van der Waals surface area contributed by atoms with Gasteiger partial charge in [-0.25, -0.2) is 9.67 Å². The predicted octanol–water partition coefficient (Wildman–Crippen LogP) is 3.54. The molecule has 5 rings (SSSR count). The number of rotatable bonds is 4. The Hall–Kier alpha value is -2.67. The van der Waals surface area contributed by atoms with Gasteiger partial charge in [-0.3, -0.25) is 9.89 Å². The van der Waals surface area contributed by atoms with E-state index >= 15 is 0 Å². The van der Waals surface area contributed by atoms with Gasteiger partial charge in [0, 0.05) is 31.1 Å². The van der Waals surface area contributed by atoms with Crippen LogP contribution in [0, 0.1) is 0 Å². The van der Waals surface area contributed by atoms with Crippen LogP contribution in [-0.2, 0) is 0 Å². The Morgan fingerprint density at radius 2 is 2.00 bits per heavy atom. The number of para-hydroxylation sites is 1. The minimum absolute atomic E-state index is 0.0616. The number of piperidine rings is 1. The van der Waals surface area contributed by atoms with Gasteiger partial charge < -0.3 is 4.90 Å². The summed E-state index contributed by atoms with van der Waals surface area (Å²) in [4.78, 5) is 19.5. The highest BCUT2D eigenvalue weighted by atomic mass is 35.5. The molecule has 7 nitrogen and oxygen atoms in total. The second kappa shape index (κ2) is 7.05. The normalized spacial score (nSPS) is 19.8. The molecule has 0 radical (unpaired) electrons. The molecule has 1 atom stereocenters. The molecule has 8 heteroatoms. The van der Waals surface area contributed by atoms with Gasteiger partial charge >= 0.3 is 0 Å². The molecule has 1 N–H and O–H groups in total. The number of hydrogen-bond donors (Lipinski definition) is 1. The van der Waals surface area contributed by atoms with E-state index in [1.165, 1.54) is 12.8 Å². The molecule has 1 aliphatic heterocycles. The minimum Gasteiger partial charge on any atom is -0.337 e. The highest BCUT2D eigenvalue weighted by Crippen LogP contribution is 2.38. The number of benzene rings is 1. The number of carbonyl (C=O) groups is 1. The number of likely N-dealkylation sites (tertiary alicyclic amines) is 1. The van der Waals surface area contributed by atoms with Crippen LogP contribution in [0.1, 0.15) is 59.7 Å². The smallest absolute Gasteiger partial charge is 0.274 e. The molecular weight excluding hydrogens is 376 g/mol. The zero-order chi connectivity index (χ0) is 19.1. The molecule has 0 bridgehead atoms. The average molecular weight is 397 g/mol. The summed E-state index contributed by atoms with van der Waals surface area (Å²) in [7, 11) is 0. The van der Waals surface area contributed by atoms with Crippen LogP contribution in [0.25, 0.3) is 5.69 Å². The lowest BCUT2D eigenvalue weighted by molar-refractivity contribution is 0.0698. The van der Waals surface area contributed by atoms with E-state index in [1.54, 1.807) is 16.9 Å². The van der Waals surface area contributed by atoms with Crippen LogP contribution in [0.2, 0.25) is 5.02 Å². The van der Waals surface area contributed by atoms with Crippen molar-refractivity contribution in [3.05, 3.63) is 58.9 Å². The monoisotopic (exact) mass is 396 g/mol. The summed E-state index contributed by atoms with van der Waals surface area (Å²) in [5, 5.41) is 12.5. The fraction of sp³-hybridized carbons (Fsp3) is 0.400. The van der Waals surface area contributed by atoms with Crippen molar-refractivity contribution >= 4 is 17.5 Å². The molecule has 3 heterocycles. The Bertz CT molecular complexity index is 1010. The Kier molecular flexibility index (Phi) is 4.39. The highest BCUT2D eigenvalue weighted by molar-refractivity contribution is 6.32. The number of amides is 1. The molecule has 2 aliphatic rings. The Labute approximate surface area is 167 Å². The molecule has 1 amide bonds. The quantitative estimate of drug-likeness (QED) is 0.731. The molecule has 1 aliphatic carbocycles. The first-order valence-electron chi connectivity index (χ1n) is 9.71. The van der Waals surface area contributed by atoms with Crippen molar-refractivity contribution in [3.63, 3.8) is 0 Å².